The number of piperidine rings is 1. The Morgan fingerprint density at radius 3 is 2.52 bits per heavy atom. The second-order valence-electron chi connectivity index (χ2n) is 24.1. The molecule has 3 aliphatic heterocycles. The van der Waals surface area contributed by atoms with Crippen molar-refractivity contribution in [2.24, 2.45) is 11.3 Å². The number of piperazine rings is 1. The van der Waals surface area contributed by atoms with Crippen LogP contribution in [0.2, 0.25) is 5.02 Å². The first-order valence-corrected chi connectivity index (χ1v) is 31.3. The van der Waals surface area contributed by atoms with Gasteiger partial charge >= 0.3 is 0 Å². The Labute approximate surface area is 500 Å². The number of benzene rings is 4. The number of pyridine rings is 1. The third kappa shape index (κ3) is 13.9. The molecule has 11 rings (SSSR count). The highest BCUT2D eigenvalue weighted by molar-refractivity contribution is 7.90. The zero-order chi connectivity index (χ0) is 59.6. The van der Waals surface area contributed by atoms with Crippen molar-refractivity contribution in [2.45, 2.75) is 115 Å². The number of hydrogen-bond acceptors (Lipinski definition) is 15. The minimum Gasteiger partial charge on any atom is -0.595 e. The third-order valence-electron chi connectivity index (χ3n) is 17.6. The van der Waals surface area contributed by atoms with Crippen molar-refractivity contribution in [2.75, 3.05) is 56.4 Å². The van der Waals surface area contributed by atoms with E-state index in [4.69, 9.17) is 16.3 Å². The number of carbonyl (C=O) groups excluding carboxylic acids is 4. The molecule has 4 amide bonds. The quantitative estimate of drug-likeness (QED) is 0.0204. The van der Waals surface area contributed by atoms with E-state index in [-0.39, 0.29) is 57.2 Å². The number of sulfonamides is 1. The Hall–Kier alpha value is -7.21. The molecule has 22 heteroatoms. The van der Waals surface area contributed by atoms with Crippen LogP contribution < -0.4 is 36.0 Å². The maximum atomic E-state index is 14.1. The second kappa shape index (κ2) is 25.4. The molecule has 2 saturated heterocycles. The Balaban J connectivity index is 0.674. The predicted octanol–water partition coefficient (Wildman–Crippen LogP) is 8.13. The van der Waals surface area contributed by atoms with Crippen LogP contribution in [0.15, 0.2) is 114 Å². The average Bonchev–Trinajstić information content (AvgIpc) is 2.61. The van der Waals surface area contributed by atoms with E-state index in [2.05, 4.69) is 84.7 Å². The summed E-state index contributed by atoms with van der Waals surface area (Å²) in [6.45, 7) is 13.1. The van der Waals surface area contributed by atoms with Crippen LogP contribution in [-0.2, 0) is 32.7 Å². The zero-order valence-corrected chi connectivity index (χ0v) is 49.7. The van der Waals surface area contributed by atoms with E-state index < -0.39 is 33.1 Å². The SMILES string of the molecule is C[C@H]1CN(C2CCC(CNc3ccc(S(=O)(=O)NC(=O)c4ccc(NCCNCC5=C(c6ccc(Cl)cc6)CC(C)(C)CC5)cc4Oc4cnc5[nH]ccc5c4)cc3[NH+]([O-])O)CC2)CCN1Cc1ccc2c(c1)CN(C1CCC(=O)NC1=O)C2=O. The Kier molecular flexibility index (Phi) is 17.8. The number of amides is 4. The number of aromatic nitrogens is 2. The van der Waals surface area contributed by atoms with E-state index in [0.29, 0.717) is 72.4 Å². The number of anilines is 2. The highest BCUT2D eigenvalue weighted by Gasteiger charge is 2.40. The summed E-state index contributed by atoms with van der Waals surface area (Å²) in [6, 6.07) is 26.3. The van der Waals surface area contributed by atoms with Crippen LogP contribution in [0.5, 0.6) is 11.5 Å². The van der Waals surface area contributed by atoms with Crippen LogP contribution in [0.25, 0.3) is 16.6 Å². The first kappa shape index (κ1) is 59.5. The van der Waals surface area contributed by atoms with Gasteiger partial charge in [-0.3, -0.25) is 34.3 Å². The van der Waals surface area contributed by atoms with Gasteiger partial charge in [-0.25, -0.2) is 23.3 Å². The molecule has 1 saturated carbocycles. The monoisotopic (exact) mass is 1200 g/mol. The van der Waals surface area contributed by atoms with Gasteiger partial charge in [-0.15, -0.1) is 0 Å². The first-order valence-electron chi connectivity index (χ1n) is 29.4. The standard InChI is InChI=1S/C63H74ClN11O9S/c1-39-36-73(27-26-72(39)37-41-6-15-51-45(28-41)38-74(62(51)79)55-18-19-58(76)70-61(55)78)48-12-4-40(5-13-48)33-68-54-17-14-50(31-56(54)75(80)81)85(82,83)71-60(77)52-16-11-47(30-57(52)84-49-29-43-21-23-67-59(43)69-35-49)66-25-24-65-34-44-20-22-63(2,3)32-53(44)42-7-9-46(64)10-8-42/h6-11,14-17,21,23,28-31,35,39-40,48,55,65-66,68,75,80H,4-5,12-13,18-20,22,24-27,32-34,36-38H2,1-3H3,(H,67,69)(H,71,77)(H,70,76,78)/t39-,40?,48?,55?/m0/s1. The molecule has 3 fully saturated rings. The fourth-order valence-corrected chi connectivity index (χ4v) is 13.9. The van der Waals surface area contributed by atoms with E-state index in [0.717, 1.165) is 100 Å². The maximum Gasteiger partial charge on any atom is 0.268 e. The molecule has 0 bridgehead atoms. The number of carbonyl (C=O) groups is 4. The van der Waals surface area contributed by atoms with E-state index in [1.165, 1.54) is 41.1 Å². The Bertz CT molecular complexity index is 3640. The average molecular weight is 1200 g/mol. The van der Waals surface area contributed by atoms with Crippen molar-refractivity contribution in [3.05, 3.63) is 147 Å². The van der Waals surface area contributed by atoms with Gasteiger partial charge in [0.1, 0.15) is 23.2 Å². The summed E-state index contributed by atoms with van der Waals surface area (Å²) >= 11 is 6.22. The molecular formula is C63H74ClN11O9S. The first-order chi connectivity index (χ1) is 40.8. The van der Waals surface area contributed by atoms with Crippen molar-refractivity contribution in [1.29, 1.82) is 0 Å². The molecule has 85 heavy (non-hydrogen) atoms. The highest BCUT2D eigenvalue weighted by Crippen LogP contribution is 2.43. The molecule has 3 atom stereocenters. The summed E-state index contributed by atoms with van der Waals surface area (Å²) in [6.07, 6.45) is 10.8. The van der Waals surface area contributed by atoms with Crippen molar-refractivity contribution < 1.29 is 42.8 Å². The minimum absolute atomic E-state index is 0.0679. The van der Waals surface area contributed by atoms with Crippen LogP contribution >= 0.6 is 11.6 Å². The lowest BCUT2D eigenvalue weighted by Crippen LogP contribution is -2.99. The van der Waals surface area contributed by atoms with Crippen molar-refractivity contribution in [3.63, 3.8) is 0 Å². The number of fused-ring (bicyclic) bond motifs is 2. The maximum absolute atomic E-state index is 14.1. The number of imide groups is 1. The lowest BCUT2D eigenvalue weighted by Gasteiger charge is -2.45. The number of H-pyrrole nitrogens is 1. The van der Waals surface area contributed by atoms with Crippen molar-refractivity contribution >= 4 is 78.9 Å². The molecular weight excluding hydrogens is 1120 g/mol. The Morgan fingerprint density at radius 1 is 0.929 bits per heavy atom. The Morgan fingerprint density at radius 2 is 1.74 bits per heavy atom. The number of nitrogens with one attached hydrogen (secondary N) is 7. The largest absolute Gasteiger partial charge is 0.595 e. The lowest BCUT2D eigenvalue weighted by molar-refractivity contribution is -0.990. The van der Waals surface area contributed by atoms with Gasteiger partial charge in [-0.2, -0.15) is 5.23 Å². The van der Waals surface area contributed by atoms with E-state index in [1.807, 2.05) is 30.3 Å². The molecule has 2 aliphatic carbocycles. The molecule has 448 valence electrons. The molecule has 2 aromatic heterocycles. The summed E-state index contributed by atoms with van der Waals surface area (Å²) in [5.41, 5.74) is 8.00. The molecule has 5 aliphatic rings. The van der Waals surface area contributed by atoms with Gasteiger partial charge in [0.25, 0.3) is 21.8 Å². The third-order valence-corrected chi connectivity index (χ3v) is 19.2. The summed E-state index contributed by atoms with van der Waals surface area (Å²) in [5.74, 6) is -1.19. The van der Waals surface area contributed by atoms with Crippen LogP contribution in [-0.4, -0.2) is 126 Å². The highest BCUT2D eigenvalue weighted by atomic mass is 35.5. The number of allylic oxidation sites excluding steroid dienone is 1. The van der Waals surface area contributed by atoms with E-state index in [1.54, 1.807) is 29.3 Å². The van der Waals surface area contributed by atoms with Gasteiger partial charge in [0.05, 0.1) is 22.3 Å². The van der Waals surface area contributed by atoms with Crippen molar-refractivity contribution in [3.8, 4) is 11.5 Å². The summed E-state index contributed by atoms with van der Waals surface area (Å²) < 4.78 is 36.4. The molecule has 2 unspecified atom stereocenters. The zero-order valence-electron chi connectivity index (χ0n) is 48.1. The predicted molar refractivity (Wildman–Crippen MR) is 325 cm³/mol. The molecule has 8 N–H and O–H groups in total. The van der Waals surface area contributed by atoms with E-state index in [9.17, 15) is 38.0 Å². The van der Waals surface area contributed by atoms with E-state index >= 15 is 0 Å². The van der Waals surface area contributed by atoms with Gasteiger partial charge in [-0.05, 0) is 146 Å². The number of quaternary nitrogens is 1. The summed E-state index contributed by atoms with van der Waals surface area (Å²) in [7, 11) is -4.59. The second-order valence-corrected chi connectivity index (χ2v) is 26.3. The summed E-state index contributed by atoms with van der Waals surface area (Å²) in [5, 5.41) is 35.9. The number of ether oxygens (including phenoxy) is 1. The lowest BCUT2D eigenvalue weighted by atomic mass is 9.72. The van der Waals surface area contributed by atoms with Crippen molar-refractivity contribution in [1.82, 2.24) is 40.0 Å². The molecule has 0 spiro atoms. The smallest absolute Gasteiger partial charge is 0.268 e. The molecule has 0 radical (unpaired) electrons. The van der Waals surface area contributed by atoms with Crippen LogP contribution in [0.3, 0.4) is 0 Å². The van der Waals surface area contributed by atoms with Gasteiger partial charge in [-0.1, -0.05) is 55.3 Å². The molecule has 4 aromatic carbocycles. The van der Waals surface area contributed by atoms with Gasteiger partial charge in [0.15, 0.2) is 5.69 Å². The fraction of sp³-hybridized carbons (Fsp3) is 0.413. The molecule has 6 aromatic rings. The number of halogens is 1. The topological polar surface area (TPSA) is 258 Å². The summed E-state index contributed by atoms with van der Waals surface area (Å²) in [4.78, 5) is 65.3. The van der Waals surface area contributed by atoms with Crippen LogP contribution in [0.1, 0.15) is 116 Å². The number of rotatable bonds is 20. The molecule has 5 heterocycles. The minimum atomic E-state index is -4.59. The van der Waals surface area contributed by atoms with Gasteiger partial charge in [0.2, 0.25) is 11.8 Å². The number of nitrogens with zero attached hydrogens (tertiary/aromatic N) is 4. The van der Waals surface area contributed by atoms with Gasteiger partial charge < -0.3 is 35.8 Å². The van der Waals surface area contributed by atoms with Crippen LogP contribution in [0, 0.1) is 16.5 Å². The fourth-order valence-electron chi connectivity index (χ4n) is 12.8. The van der Waals surface area contributed by atoms with Crippen LogP contribution in [0.4, 0.5) is 17.1 Å². The number of hydrogen-bond donors (Lipinski definition) is 8. The number of aromatic amines is 1. The normalized spacial score (nSPS) is 21.6. The molecule has 20 nitrogen and oxygen atoms in total. The van der Waals surface area contributed by atoms with Gasteiger partial charge in [0, 0.05) is 117 Å².